The summed E-state index contributed by atoms with van der Waals surface area (Å²) in [5, 5.41) is 2.56. The minimum Gasteiger partial charge on any atom is -0.435 e. The maximum absolute atomic E-state index is 12.2. The van der Waals surface area contributed by atoms with Crippen molar-refractivity contribution in [3.8, 4) is 5.75 Å². The summed E-state index contributed by atoms with van der Waals surface area (Å²) in [7, 11) is 0. The first-order valence-corrected chi connectivity index (χ1v) is 6.90. The molecule has 3 N–H and O–H groups in total. The van der Waals surface area contributed by atoms with Gasteiger partial charge in [-0.25, -0.2) is 4.79 Å². The average molecular weight is 329 g/mol. The van der Waals surface area contributed by atoms with Gasteiger partial charge in [0.1, 0.15) is 5.75 Å². The number of carbonyl (C=O) groups excluding carboxylic acids is 2. The number of morpholine rings is 1. The van der Waals surface area contributed by atoms with Crippen molar-refractivity contribution in [3.05, 3.63) is 24.3 Å². The zero-order valence-corrected chi connectivity index (χ0v) is 12.4. The van der Waals surface area contributed by atoms with E-state index >= 15 is 0 Å². The summed E-state index contributed by atoms with van der Waals surface area (Å²) >= 11 is 0. The van der Waals surface area contributed by atoms with Crippen LogP contribution in [0, 0.1) is 0 Å². The van der Waals surface area contributed by atoms with Crippen molar-refractivity contribution in [2.45, 2.75) is 25.7 Å². The molecule has 1 unspecified atom stereocenters. The first-order valence-electron chi connectivity index (χ1n) is 6.90. The number of ether oxygens (including phenoxy) is 2. The zero-order chi connectivity index (χ0) is 17.0. The molecule has 23 heavy (non-hydrogen) atoms. The molecule has 1 aromatic rings. The van der Waals surface area contributed by atoms with E-state index in [1.165, 1.54) is 29.2 Å². The van der Waals surface area contributed by atoms with Crippen LogP contribution in [0.15, 0.2) is 24.3 Å². The van der Waals surface area contributed by atoms with Gasteiger partial charge in [-0.2, -0.15) is 8.78 Å². The van der Waals surface area contributed by atoms with Crippen molar-refractivity contribution in [1.82, 2.24) is 4.90 Å². The number of nitrogens with zero attached hydrogens (tertiary/aromatic N) is 1. The molecule has 0 saturated carbocycles. The molecule has 0 spiro atoms. The number of hydrogen-bond donors (Lipinski definition) is 2. The lowest BCUT2D eigenvalue weighted by atomic mass is 10.2. The molecular formula is C14H17F2N3O4. The monoisotopic (exact) mass is 329 g/mol. The number of amides is 3. The fourth-order valence-electron chi connectivity index (χ4n) is 2.23. The van der Waals surface area contributed by atoms with Crippen LogP contribution in [0.1, 0.15) is 6.92 Å². The summed E-state index contributed by atoms with van der Waals surface area (Å²) in [6.07, 6.45) is -1.22. The minimum atomic E-state index is -2.95. The molecule has 0 aliphatic carbocycles. The number of nitrogens with two attached hydrogens (primary N) is 1. The summed E-state index contributed by atoms with van der Waals surface area (Å²) in [6.45, 7) is -0.925. The predicted molar refractivity (Wildman–Crippen MR) is 77.2 cm³/mol. The molecule has 0 bridgehead atoms. The summed E-state index contributed by atoms with van der Waals surface area (Å²) in [6, 6.07) is 5.15. The highest BCUT2D eigenvalue weighted by Crippen LogP contribution is 2.20. The van der Waals surface area contributed by atoms with Gasteiger partial charge in [-0.1, -0.05) is 6.07 Å². The molecule has 7 nitrogen and oxygen atoms in total. The van der Waals surface area contributed by atoms with E-state index in [-0.39, 0.29) is 24.9 Å². The summed E-state index contributed by atoms with van der Waals surface area (Å²) in [5.74, 6) is -0.718. The summed E-state index contributed by atoms with van der Waals surface area (Å²) < 4.78 is 34.0. The number of rotatable bonds is 4. The summed E-state index contributed by atoms with van der Waals surface area (Å²) in [5.41, 5.74) is 5.50. The third-order valence-electron chi connectivity index (χ3n) is 3.18. The first kappa shape index (κ1) is 16.9. The molecule has 0 radical (unpaired) electrons. The maximum atomic E-state index is 12.2. The zero-order valence-electron chi connectivity index (χ0n) is 12.4. The van der Waals surface area contributed by atoms with E-state index in [4.69, 9.17) is 10.5 Å². The van der Waals surface area contributed by atoms with Gasteiger partial charge < -0.3 is 25.4 Å². The van der Waals surface area contributed by atoms with Gasteiger partial charge in [-0.05, 0) is 19.1 Å². The lowest BCUT2D eigenvalue weighted by Gasteiger charge is -2.35. The number of halogens is 2. The fraction of sp³-hybridized carbons (Fsp3) is 0.429. The third-order valence-corrected chi connectivity index (χ3v) is 3.18. The lowest BCUT2D eigenvalue weighted by Crippen LogP contribution is -2.54. The van der Waals surface area contributed by atoms with Crippen molar-refractivity contribution in [2.24, 2.45) is 5.73 Å². The van der Waals surface area contributed by atoms with E-state index in [9.17, 15) is 18.4 Å². The Morgan fingerprint density at radius 1 is 1.43 bits per heavy atom. The molecule has 3 amide bonds. The van der Waals surface area contributed by atoms with Gasteiger partial charge in [-0.15, -0.1) is 0 Å². The number of hydrogen-bond acceptors (Lipinski definition) is 4. The van der Waals surface area contributed by atoms with E-state index < -0.39 is 24.7 Å². The average Bonchev–Trinajstić information content (AvgIpc) is 2.46. The van der Waals surface area contributed by atoms with Crippen LogP contribution in [0.3, 0.4) is 0 Å². The topological polar surface area (TPSA) is 93.9 Å². The predicted octanol–water partition coefficient (Wildman–Crippen LogP) is 1.39. The second kappa shape index (κ2) is 7.23. The molecule has 9 heteroatoms. The van der Waals surface area contributed by atoms with Crippen LogP contribution in [0.2, 0.25) is 0 Å². The Morgan fingerprint density at radius 2 is 2.17 bits per heavy atom. The van der Waals surface area contributed by atoms with E-state index in [2.05, 4.69) is 10.1 Å². The van der Waals surface area contributed by atoms with Gasteiger partial charge >= 0.3 is 12.6 Å². The van der Waals surface area contributed by atoms with Gasteiger partial charge in [0, 0.05) is 18.3 Å². The number of anilines is 1. The standard InChI is InChI=1S/C14H17F2N3O4/c1-8-6-19(7-11(22-8)12(17)20)14(21)18-9-3-2-4-10(5-9)23-13(15)16/h2-5,8,11,13H,6-7H2,1H3,(H2,17,20)(H,18,21)/t8-,11?/m1/s1. The Balaban J connectivity index is 2.02. The highest BCUT2D eigenvalue weighted by Gasteiger charge is 2.31. The molecule has 1 fully saturated rings. The molecule has 2 rings (SSSR count). The van der Waals surface area contributed by atoms with Gasteiger partial charge in [0.05, 0.1) is 12.6 Å². The van der Waals surface area contributed by atoms with Gasteiger partial charge in [0.25, 0.3) is 0 Å². The Bertz CT molecular complexity index is 585. The number of nitrogens with one attached hydrogen (secondary N) is 1. The highest BCUT2D eigenvalue weighted by molar-refractivity contribution is 5.90. The van der Waals surface area contributed by atoms with Crippen molar-refractivity contribution in [1.29, 1.82) is 0 Å². The maximum Gasteiger partial charge on any atom is 0.387 e. The Hall–Kier alpha value is -2.42. The van der Waals surface area contributed by atoms with Crippen molar-refractivity contribution in [2.75, 3.05) is 18.4 Å². The normalized spacial score (nSPS) is 21.1. The van der Waals surface area contributed by atoms with Gasteiger partial charge in [0.2, 0.25) is 5.91 Å². The minimum absolute atomic E-state index is 0.0265. The van der Waals surface area contributed by atoms with Crippen LogP contribution in [-0.2, 0) is 9.53 Å². The SMILES string of the molecule is C[C@@H]1CN(C(=O)Nc2cccc(OC(F)F)c2)CC(C(N)=O)O1. The molecule has 1 heterocycles. The lowest BCUT2D eigenvalue weighted by molar-refractivity contribution is -0.139. The largest absolute Gasteiger partial charge is 0.435 e. The highest BCUT2D eigenvalue weighted by atomic mass is 19.3. The van der Waals surface area contributed by atoms with Crippen LogP contribution in [-0.4, -0.2) is 48.7 Å². The van der Waals surface area contributed by atoms with Crippen molar-refractivity contribution in [3.63, 3.8) is 0 Å². The van der Waals surface area contributed by atoms with Crippen LogP contribution in [0.4, 0.5) is 19.3 Å². The number of carbonyl (C=O) groups is 2. The van der Waals surface area contributed by atoms with E-state index in [0.717, 1.165) is 0 Å². The first-order chi connectivity index (χ1) is 10.8. The number of primary amides is 1. The molecule has 1 saturated heterocycles. The second-order valence-corrected chi connectivity index (χ2v) is 5.08. The number of urea groups is 1. The summed E-state index contributed by atoms with van der Waals surface area (Å²) in [4.78, 5) is 24.8. The third kappa shape index (κ3) is 4.78. The van der Waals surface area contributed by atoms with Crippen molar-refractivity contribution >= 4 is 17.6 Å². The van der Waals surface area contributed by atoms with Crippen molar-refractivity contribution < 1.29 is 27.8 Å². The Morgan fingerprint density at radius 3 is 2.83 bits per heavy atom. The fourth-order valence-corrected chi connectivity index (χ4v) is 2.23. The second-order valence-electron chi connectivity index (χ2n) is 5.08. The molecule has 126 valence electrons. The van der Waals surface area contributed by atoms with E-state index in [1.807, 2.05) is 0 Å². The quantitative estimate of drug-likeness (QED) is 0.873. The van der Waals surface area contributed by atoms with Crippen LogP contribution in [0.25, 0.3) is 0 Å². The molecule has 2 atom stereocenters. The smallest absolute Gasteiger partial charge is 0.387 e. The molecule has 1 aliphatic rings. The van der Waals surface area contributed by atoms with Crippen LogP contribution < -0.4 is 15.8 Å². The Labute approximate surface area is 131 Å². The molecule has 0 aromatic heterocycles. The molecule has 1 aromatic carbocycles. The van der Waals surface area contributed by atoms with Gasteiger partial charge in [0.15, 0.2) is 6.10 Å². The van der Waals surface area contributed by atoms with Crippen LogP contribution in [0.5, 0.6) is 5.75 Å². The molecule has 1 aliphatic heterocycles. The van der Waals surface area contributed by atoms with Crippen LogP contribution >= 0.6 is 0 Å². The van der Waals surface area contributed by atoms with E-state index in [0.29, 0.717) is 5.69 Å². The van der Waals surface area contributed by atoms with E-state index in [1.54, 1.807) is 6.92 Å². The number of alkyl halides is 2. The Kier molecular flexibility index (Phi) is 5.32. The van der Waals surface area contributed by atoms with Gasteiger partial charge in [-0.3, -0.25) is 4.79 Å². The molecular weight excluding hydrogens is 312 g/mol. The number of benzene rings is 1.